The number of methoxy groups -OCH3 is 1. The van der Waals surface area contributed by atoms with Gasteiger partial charge < -0.3 is 15.2 Å². The zero-order chi connectivity index (χ0) is 14.4. The van der Waals surface area contributed by atoms with Crippen LogP contribution in [0, 0.1) is 5.82 Å². The third-order valence-corrected chi connectivity index (χ3v) is 4.07. The van der Waals surface area contributed by atoms with Crippen LogP contribution in [0.5, 0.6) is 5.75 Å². The van der Waals surface area contributed by atoms with Crippen LogP contribution in [0.2, 0.25) is 0 Å². The lowest BCUT2D eigenvalue weighted by Gasteiger charge is -2.27. The molecule has 0 unspecified atom stereocenters. The second-order valence-corrected chi connectivity index (χ2v) is 5.68. The maximum absolute atomic E-state index is 14.0. The maximum Gasteiger partial charge on any atom is 0.169 e. The molecule has 1 fully saturated rings. The molecule has 112 valence electrons. The molecule has 1 aliphatic rings. The summed E-state index contributed by atoms with van der Waals surface area (Å²) in [5.74, 6) is -0.0622. The molecule has 1 aromatic carbocycles. The summed E-state index contributed by atoms with van der Waals surface area (Å²) in [7, 11) is 1.46. The van der Waals surface area contributed by atoms with Crippen molar-refractivity contribution < 1.29 is 14.2 Å². The molecule has 0 aromatic heterocycles. The fourth-order valence-corrected chi connectivity index (χ4v) is 2.84. The second-order valence-electron chi connectivity index (χ2n) is 5.68. The predicted octanol–water partition coefficient (Wildman–Crippen LogP) is 3.01. The fourth-order valence-electron chi connectivity index (χ4n) is 2.84. The maximum atomic E-state index is 14.0. The Morgan fingerprint density at radius 3 is 2.60 bits per heavy atom. The number of nitrogens with one attached hydrogen (secondary N) is 1. The molecule has 0 amide bonds. The van der Waals surface area contributed by atoms with Crippen LogP contribution >= 0.6 is 0 Å². The van der Waals surface area contributed by atoms with Gasteiger partial charge in [0.15, 0.2) is 11.6 Å². The molecular weight excluding hydrogens is 257 g/mol. The summed E-state index contributed by atoms with van der Waals surface area (Å²) in [5, 5.41) is 13.7. The molecule has 1 aliphatic carbocycles. The molecule has 0 radical (unpaired) electrons. The quantitative estimate of drug-likeness (QED) is 0.815. The van der Waals surface area contributed by atoms with Gasteiger partial charge in [0.25, 0.3) is 0 Å². The largest absolute Gasteiger partial charge is 0.494 e. The lowest BCUT2D eigenvalue weighted by Crippen LogP contribution is -2.40. The first kappa shape index (κ1) is 15.3. The number of aliphatic hydroxyl groups is 1. The van der Waals surface area contributed by atoms with Crippen molar-refractivity contribution >= 4 is 0 Å². The van der Waals surface area contributed by atoms with Crippen LogP contribution < -0.4 is 10.1 Å². The molecule has 0 aliphatic heterocycles. The number of hydrogen-bond donors (Lipinski definition) is 2. The van der Waals surface area contributed by atoms with Crippen LogP contribution in [-0.4, -0.2) is 24.4 Å². The van der Waals surface area contributed by atoms with Gasteiger partial charge in [-0.1, -0.05) is 37.8 Å². The first-order valence-electron chi connectivity index (χ1n) is 7.39. The van der Waals surface area contributed by atoms with E-state index in [1.807, 2.05) is 0 Å². The molecule has 0 heterocycles. The molecular formula is C16H24FNO2. The molecule has 0 saturated heterocycles. The van der Waals surface area contributed by atoms with Crippen LogP contribution in [0.3, 0.4) is 0 Å². The van der Waals surface area contributed by atoms with Crippen LogP contribution in [0.25, 0.3) is 0 Å². The van der Waals surface area contributed by atoms with E-state index in [1.165, 1.54) is 20.0 Å². The van der Waals surface area contributed by atoms with E-state index in [0.29, 0.717) is 18.7 Å². The molecule has 1 saturated carbocycles. The summed E-state index contributed by atoms with van der Waals surface area (Å²) >= 11 is 0. The van der Waals surface area contributed by atoms with Gasteiger partial charge in [0.2, 0.25) is 0 Å². The smallest absolute Gasteiger partial charge is 0.169 e. The van der Waals surface area contributed by atoms with E-state index in [1.54, 1.807) is 18.2 Å². The van der Waals surface area contributed by atoms with E-state index in [0.717, 1.165) is 25.7 Å². The number of rotatable bonds is 5. The molecule has 0 atom stereocenters. The minimum atomic E-state index is -0.633. The Morgan fingerprint density at radius 1 is 1.25 bits per heavy atom. The van der Waals surface area contributed by atoms with Crippen molar-refractivity contribution in [3.63, 3.8) is 0 Å². The first-order valence-corrected chi connectivity index (χ1v) is 7.39. The Morgan fingerprint density at radius 2 is 1.95 bits per heavy atom. The van der Waals surface area contributed by atoms with Crippen molar-refractivity contribution in [3.8, 4) is 5.75 Å². The summed E-state index contributed by atoms with van der Waals surface area (Å²) in [4.78, 5) is 0. The van der Waals surface area contributed by atoms with Gasteiger partial charge in [-0.2, -0.15) is 0 Å². The van der Waals surface area contributed by atoms with E-state index in [-0.39, 0.29) is 11.6 Å². The first-order chi connectivity index (χ1) is 9.64. The Balaban J connectivity index is 1.89. The molecule has 0 spiro atoms. The van der Waals surface area contributed by atoms with Crippen LogP contribution in [-0.2, 0) is 6.54 Å². The number of ether oxygens (including phenoxy) is 1. The van der Waals surface area contributed by atoms with Gasteiger partial charge in [0, 0.05) is 18.7 Å². The minimum Gasteiger partial charge on any atom is -0.494 e. The lowest BCUT2D eigenvalue weighted by molar-refractivity contribution is 0.0250. The summed E-state index contributed by atoms with van der Waals surface area (Å²) in [6, 6.07) is 5.12. The minimum absolute atomic E-state index is 0.262. The standard InChI is InChI=1S/C16H24FNO2/c1-20-14-8-6-7-13(15(14)17)11-18-12-16(19)9-4-2-3-5-10-16/h6-8,18-19H,2-5,9-12H2,1H3. The number of hydrogen-bond acceptors (Lipinski definition) is 3. The molecule has 0 bridgehead atoms. The lowest BCUT2D eigenvalue weighted by atomic mass is 9.94. The van der Waals surface area contributed by atoms with Crippen molar-refractivity contribution in [2.75, 3.05) is 13.7 Å². The van der Waals surface area contributed by atoms with E-state index < -0.39 is 5.60 Å². The highest BCUT2D eigenvalue weighted by molar-refractivity contribution is 5.30. The Labute approximate surface area is 120 Å². The third kappa shape index (κ3) is 3.93. The van der Waals surface area contributed by atoms with Gasteiger partial charge in [-0.25, -0.2) is 4.39 Å². The molecule has 4 heteroatoms. The average Bonchev–Trinajstić information content (AvgIpc) is 2.66. The summed E-state index contributed by atoms with van der Waals surface area (Å²) in [6.45, 7) is 0.926. The van der Waals surface area contributed by atoms with Crippen LogP contribution in [0.4, 0.5) is 4.39 Å². The van der Waals surface area contributed by atoms with E-state index in [2.05, 4.69) is 5.32 Å². The van der Waals surface area contributed by atoms with Gasteiger partial charge in [-0.3, -0.25) is 0 Å². The van der Waals surface area contributed by atoms with Crippen molar-refractivity contribution in [3.05, 3.63) is 29.6 Å². The highest BCUT2D eigenvalue weighted by Gasteiger charge is 2.27. The van der Waals surface area contributed by atoms with Crippen molar-refractivity contribution in [1.29, 1.82) is 0 Å². The number of benzene rings is 1. The molecule has 3 nitrogen and oxygen atoms in total. The number of halogens is 1. The van der Waals surface area contributed by atoms with Gasteiger partial charge in [0.1, 0.15) is 0 Å². The fraction of sp³-hybridized carbons (Fsp3) is 0.625. The highest BCUT2D eigenvalue weighted by atomic mass is 19.1. The van der Waals surface area contributed by atoms with E-state index in [9.17, 15) is 9.50 Å². The Hall–Kier alpha value is -1.13. The third-order valence-electron chi connectivity index (χ3n) is 4.07. The topological polar surface area (TPSA) is 41.5 Å². The average molecular weight is 281 g/mol. The molecule has 2 N–H and O–H groups in total. The van der Waals surface area contributed by atoms with E-state index in [4.69, 9.17) is 4.74 Å². The highest BCUT2D eigenvalue weighted by Crippen LogP contribution is 2.26. The molecule has 1 aromatic rings. The Bertz CT molecular complexity index is 428. The second kappa shape index (κ2) is 7.04. The zero-order valence-electron chi connectivity index (χ0n) is 12.1. The summed E-state index contributed by atoms with van der Waals surface area (Å²) < 4.78 is 18.9. The molecule has 2 rings (SSSR count). The SMILES string of the molecule is COc1cccc(CNCC2(O)CCCCCC2)c1F. The van der Waals surface area contributed by atoms with E-state index >= 15 is 0 Å². The normalized spacial score (nSPS) is 18.6. The van der Waals surface area contributed by atoms with Gasteiger partial charge in [0.05, 0.1) is 12.7 Å². The van der Waals surface area contributed by atoms with Gasteiger partial charge in [-0.05, 0) is 18.9 Å². The molecule has 20 heavy (non-hydrogen) atoms. The van der Waals surface area contributed by atoms with Crippen molar-refractivity contribution in [2.24, 2.45) is 0 Å². The van der Waals surface area contributed by atoms with Gasteiger partial charge >= 0.3 is 0 Å². The van der Waals surface area contributed by atoms with Crippen LogP contribution in [0.1, 0.15) is 44.1 Å². The van der Waals surface area contributed by atoms with Crippen molar-refractivity contribution in [1.82, 2.24) is 5.32 Å². The van der Waals surface area contributed by atoms with Crippen molar-refractivity contribution in [2.45, 2.75) is 50.7 Å². The van der Waals surface area contributed by atoms with Crippen LogP contribution in [0.15, 0.2) is 18.2 Å². The zero-order valence-corrected chi connectivity index (χ0v) is 12.1. The van der Waals surface area contributed by atoms with Gasteiger partial charge in [-0.15, -0.1) is 0 Å². The monoisotopic (exact) mass is 281 g/mol. The summed E-state index contributed by atoms with van der Waals surface area (Å²) in [6.07, 6.45) is 6.22. The summed E-state index contributed by atoms with van der Waals surface area (Å²) in [5.41, 5.74) is -0.0622. The Kier molecular flexibility index (Phi) is 5.38. The predicted molar refractivity (Wildman–Crippen MR) is 77.3 cm³/mol.